The van der Waals surface area contributed by atoms with Gasteiger partial charge in [0.1, 0.15) is 12.1 Å². The molecule has 1 aliphatic rings. The van der Waals surface area contributed by atoms with Crippen LogP contribution in [0, 0.1) is 5.92 Å². The number of carbonyl (C=O) groups excluding carboxylic acids is 3. The molecule has 0 aliphatic carbocycles. The molecule has 1 saturated heterocycles. The Morgan fingerprint density at radius 2 is 1.56 bits per heavy atom. The molecule has 7 nitrogen and oxygen atoms in total. The van der Waals surface area contributed by atoms with E-state index in [9.17, 15) is 14.4 Å². The van der Waals surface area contributed by atoms with E-state index in [2.05, 4.69) is 19.1 Å². The van der Waals surface area contributed by atoms with Gasteiger partial charge in [-0.1, -0.05) is 73.7 Å². The lowest BCUT2D eigenvalue weighted by Crippen LogP contribution is -2.57. The zero-order chi connectivity index (χ0) is 32.6. The van der Waals surface area contributed by atoms with Crippen LogP contribution in [0.1, 0.15) is 50.5 Å². The van der Waals surface area contributed by atoms with Gasteiger partial charge in [-0.25, -0.2) is 0 Å². The van der Waals surface area contributed by atoms with Crippen LogP contribution in [0.15, 0.2) is 84.3 Å². The van der Waals surface area contributed by atoms with E-state index in [0.29, 0.717) is 38.3 Å². The average Bonchev–Trinajstić information content (AvgIpc) is 3.55. The highest BCUT2D eigenvalue weighted by Gasteiger charge is 2.37. The van der Waals surface area contributed by atoms with Crippen LogP contribution in [0.3, 0.4) is 0 Å². The number of carbonyl (C=O) groups is 3. The molecule has 2 aromatic carbocycles. The topological polar surface area (TPSA) is 87.0 Å². The number of amides is 3. The molecule has 2 heterocycles. The molecular formula is C37H48N4O3S. The Labute approximate surface area is 272 Å². The van der Waals surface area contributed by atoms with Crippen molar-refractivity contribution in [3.05, 3.63) is 94.7 Å². The monoisotopic (exact) mass is 628 g/mol. The first-order valence-electron chi connectivity index (χ1n) is 15.9. The lowest BCUT2D eigenvalue weighted by molar-refractivity contribution is -0.149. The molecule has 1 fully saturated rings. The predicted molar refractivity (Wildman–Crippen MR) is 184 cm³/mol. The maximum absolute atomic E-state index is 14.4. The van der Waals surface area contributed by atoms with Gasteiger partial charge in [0.15, 0.2) is 0 Å². The van der Waals surface area contributed by atoms with Gasteiger partial charge in [0.05, 0.1) is 0 Å². The van der Waals surface area contributed by atoms with Crippen molar-refractivity contribution < 1.29 is 14.4 Å². The van der Waals surface area contributed by atoms with Gasteiger partial charge in [-0.2, -0.15) is 0 Å². The highest BCUT2D eigenvalue weighted by atomic mass is 32.1. The van der Waals surface area contributed by atoms with Crippen LogP contribution in [0.2, 0.25) is 0 Å². The Morgan fingerprint density at radius 1 is 0.911 bits per heavy atom. The van der Waals surface area contributed by atoms with E-state index in [0.717, 1.165) is 34.4 Å². The number of benzene rings is 2. The molecule has 2 N–H and O–H groups in total. The number of thiophene rings is 1. The third-order valence-corrected chi connectivity index (χ3v) is 9.56. The molecule has 0 spiro atoms. The lowest BCUT2D eigenvalue weighted by atomic mass is 9.97. The van der Waals surface area contributed by atoms with Crippen molar-refractivity contribution in [2.45, 2.75) is 70.5 Å². The first kappa shape index (κ1) is 34.1. The fraction of sp³-hybridized carbons (Fsp3) is 0.432. The van der Waals surface area contributed by atoms with Crippen molar-refractivity contribution in [3.63, 3.8) is 0 Å². The zero-order valence-corrected chi connectivity index (χ0v) is 28.1. The quantitative estimate of drug-likeness (QED) is 0.257. The molecule has 240 valence electrons. The van der Waals surface area contributed by atoms with Gasteiger partial charge >= 0.3 is 0 Å². The highest BCUT2D eigenvalue weighted by Crippen LogP contribution is 2.24. The summed E-state index contributed by atoms with van der Waals surface area (Å²) in [5.74, 6) is 0.0134. The third-order valence-electron chi connectivity index (χ3n) is 8.66. The maximum atomic E-state index is 14.4. The van der Waals surface area contributed by atoms with Crippen LogP contribution in [-0.4, -0.2) is 77.2 Å². The molecule has 0 saturated carbocycles. The van der Waals surface area contributed by atoms with Crippen LogP contribution >= 0.6 is 11.3 Å². The van der Waals surface area contributed by atoms with E-state index in [-0.39, 0.29) is 17.7 Å². The SMILES string of the molecule is CC1CCN(C(=O)[C@@H](Cc2cccs2)N(C)C(=O)[C@@H](Cc2ccc(-c3ccccc3)cc2)N(C)C(=O)/C=C/CC(C)(C)N)CC1. The van der Waals surface area contributed by atoms with Crippen LogP contribution < -0.4 is 5.73 Å². The number of likely N-dealkylation sites (tertiary alicyclic amines) is 1. The summed E-state index contributed by atoms with van der Waals surface area (Å²) in [7, 11) is 3.37. The Morgan fingerprint density at radius 3 is 2.16 bits per heavy atom. The Hall–Kier alpha value is -3.75. The Bertz CT molecular complexity index is 1420. The first-order chi connectivity index (χ1) is 21.4. The van der Waals surface area contributed by atoms with Gasteiger partial charge < -0.3 is 20.4 Å². The van der Waals surface area contributed by atoms with Gasteiger partial charge in [0.25, 0.3) is 0 Å². The molecule has 1 aromatic heterocycles. The third kappa shape index (κ3) is 9.62. The van der Waals surface area contributed by atoms with Crippen molar-refractivity contribution in [1.29, 1.82) is 0 Å². The summed E-state index contributed by atoms with van der Waals surface area (Å²) in [5, 5.41) is 1.99. The highest BCUT2D eigenvalue weighted by molar-refractivity contribution is 7.09. The smallest absolute Gasteiger partial charge is 0.246 e. The fourth-order valence-electron chi connectivity index (χ4n) is 5.65. The summed E-state index contributed by atoms with van der Waals surface area (Å²) in [6.45, 7) is 7.41. The number of likely N-dealkylation sites (N-methyl/N-ethyl adjacent to an activating group) is 2. The second kappa shape index (κ2) is 15.5. The van der Waals surface area contributed by atoms with Crippen molar-refractivity contribution in [2.75, 3.05) is 27.2 Å². The summed E-state index contributed by atoms with van der Waals surface area (Å²) in [5.41, 5.74) is 8.78. The lowest BCUT2D eigenvalue weighted by Gasteiger charge is -2.38. The van der Waals surface area contributed by atoms with Crippen molar-refractivity contribution in [2.24, 2.45) is 11.7 Å². The first-order valence-corrected chi connectivity index (χ1v) is 16.8. The minimum atomic E-state index is -0.805. The molecule has 3 aromatic rings. The van der Waals surface area contributed by atoms with Crippen LogP contribution in [0.4, 0.5) is 0 Å². The van der Waals surface area contributed by atoms with Crippen molar-refractivity contribution >= 4 is 29.1 Å². The summed E-state index contributed by atoms with van der Waals surface area (Å²) in [6.07, 6.45) is 6.46. The molecule has 2 atom stereocenters. The molecule has 45 heavy (non-hydrogen) atoms. The summed E-state index contributed by atoms with van der Waals surface area (Å²) in [6, 6.07) is 20.7. The molecule has 0 unspecified atom stereocenters. The largest absolute Gasteiger partial charge is 0.341 e. The summed E-state index contributed by atoms with van der Waals surface area (Å²) in [4.78, 5) is 47.9. The van der Waals surface area contributed by atoms with E-state index >= 15 is 0 Å². The van der Waals surface area contributed by atoms with Gasteiger partial charge in [0, 0.05) is 50.4 Å². The van der Waals surface area contributed by atoms with E-state index < -0.39 is 17.6 Å². The molecule has 0 radical (unpaired) electrons. The normalized spacial score (nSPS) is 15.6. The van der Waals surface area contributed by atoms with E-state index in [1.165, 1.54) is 11.0 Å². The Balaban J connectivity index is 1.61. The molecule has 0 bridgehead atoms. The summed E-state index contributed by atoms with van der Waals surface area (Å²) < 4.78 is 0. The van der Waals surface area contributed by atoms with Crippen molar-refractivity contribution in [1.82, 2.24) is 14.7 Å². The fourth-order valence-corrected chi connectivity index (χ4v) is 6.39. The van der Waals surface area contributed by atoms with Gasteiger partial charge in [0.2, 0.25) is 17.7 Å². The van der Waals surface area contributed by atoms with Crippen molar-refractivity contribution in [3.8, 4) is 11.1 Å². The number of rotatable bonds is 12. The van der Waals surface area contributed by atoms with E-state index in [1.54, 1.807) is 36.4 Å². The number of hydrogen-bond donors (Lipinski definition) is 1. The number of piperidine rings is 1. The predicted octanol–water partition coefficient (Wildman–Crippen LogP) is 5.80. The number of hydrogen-bond acceptors (Lipinski definition) is 5. The van der Waals surface area contributed by atoms with E-state index in [4.69, 9.17) is 5.73 Å². The van der Waals surface area contributed by atoms with Gasteiger partial charge in [-0.15, -0.1) is 11.3 Å². The second-order valence-electron chi connectivity index (χ2n) is 13.1. The zero-order valence-electron chi connectivity index (χ0n) is 27.3. The standard InChI is InChI=1S/C37H48N4O3S/c1-27-19-22-41(23-20-27)36(44)33(26-31-13-10-24-45-31)40(5)35(43)32(39(4)34(42)14-9-21-37(2,3)38)25-28-15-17-30(18-16-28)29-11-7-6-8-12-29/h6-18,24,27,32-33H,19-23,25-26,38H2,1-5H3/b14-9+/t32-,33-/m1/s1. The minimum Gasteiger partial charge on any atom is -0.341 e. The number of nitrogens with two attached hydrogens (primary N) is 1. The van der Waals surface area contributed by atoms with Crippen LogP contribution in [0.5, 0.6) is 0 Å². The number of nitrogens with zero attached hydrogens (tertiary/aromatic N) is 3. The molecule has 8 heteroatoms. The van der Waals surface area contributed by atoms with Crippen LogP contribution in [0.25, 0.3) is 11.1 Å². The summed E-state index contributed by atoms with van der Waals surface area (Å²) >= 11 is 1.58. The van der Waals surface area contributed by atoms with Gasteiger partial charge in [-0.3, -0.25) is 14.4 Å². The molecule has 4 rings (SSSR count). The molecule has 3 amide bonds. The molecule has 1 aliphatic heterocycles. The van der Waals surface area contributed by atoms with Crippen LogP contribution in [-0.2, 0) is 27.2 Å². The average molecular weight is 629 g/mol. The van der Waals surface area contributed by atoms with Gasteiger partial charge in [-0.05, 0) is 73.2 Å². The van der Waals surface area contributed by atoms with E-state index in [1.807, 2.05) is 78.7 Å². The second-order valence-corrected chi connectivity index (χ2v) is 14.1. The maximum Gasteiger partial charge on any atom is 0.246 e. The molecular weight excluding hydrogens is 580 g/mol. The minimum absolute atomic E-state index is 0.0313. The Kier molecular flexibility index (Phi) is 11.8.